The lowest BCUT2D eigenvalue weighted by Gasteiger charge is -2.46. The van der Waals surface area contributed by atoms with E-state index >= 15 is 0 Å². The maximum atomic E-state index is 11.8. The van der Waals surface area contributed by atoms with Crippen LogP contribution in [0.1, 0.15) is 12.8 Å². The molecule has 0 bridgehead atoms. The maximum Gasteiger partial charge on any atom is 0.268 e. The molecule has 5 heteroatoms. The van der Waals surface area contributed by atoms with Gasteiger partial charge in [-0.25, -0.2) is 0 Å². The van der Waals surface area contributed by atoms with Gasteiger partial charge in [0.1, 0.15) is 5.75 Å². The molecule has 1 fully saturated rings. The maximum absolute atomic E-state index is 11.8. The summed E-state index contributed by atoms with van der Waals surface area (Å²) in [5.41, 5.74) is -0.173. The molecule has 1 spiro atoms. The average Bonchev–Trinajstić information content (AvgIpc) is 2.18. The molecule has 1 heterocycles. The van der Waals surface area contributed by atoms with Gasteiger partial charge >= 0.3 is 0 Å². The van der Waals surface area contributed by atoms with E-state index in [-0.39, 0.29) is 5.91 Å². The van der Waals surface area contributed by atoms with Gasteiger partial charge in [0.15, 0.2) is 5.60 Å². The van der Waals surface area contributed by atoms with E-state index in [0.29, 0.717) is 24.3 Å². The molecule has 1 aromatic carbocycles. The Kier molecular flexibility index (Phi) is 2.03. The van der Waals surface area contributed by atoms with E-state index in [1.165, 1.54) is 0 Å². The van der Waals surface area contributed by atoms with Gasteiger partial charge in [0.2, 0.25) is 0 Å². The quantitative estimate of drug-likeness (QED) is 0.762. The first-order valence-corrected chi connectivity index (χ1v) is 5.86. The van der Waals surface area contributed by atoms with E-state index in [1.807, 2.05) is 12.1 Å². The van der Waals surface area contributed by atoms with Crippen molar-refractivity contribution in [1.29, 1.82) is 0 Å². The fourth-order valence-electron chi connectivity index (χ4n) is 2.15. The monoisotopic (exact) mass is 283 g/mol. The third-order valence-electron chi connectivity index (χ3n) is 3.04. The molecule has 0 atom stereocenters. The van der Waals surface area contributed by atoms with Crippen LogP contribution in [0.5, 0.6) is 5.75 Å². The lowest BCUT2D eigenvalue weighted by Crippen LogP contribution is -2.61. The largest absolute Gasteiger partial charge is 0.475 e. The minimum Gasteiger partial charge on any atom is -0.475 e. The van der Waals surface area contributed by atoms with Gasteiger partial charge in [-0.1, -0.05) is 15.9 Å². The van der Waals surface area contributed by atoms with Crippen LogP contribution in [0.4, 0.5) is 5.69 Å². The molecule has 84 valence electrons. The molecule has 2 N–H and O–H groups in total. The van der Waals surface area contributed by atoms with Gasteiger partial charge < -0.3 is 15.2 Å². The Morgan fingerprint density at radius 1 is 1.50 bits per heavy atom. The highest BCUT2D eigenvalue weighted by Gasteiger charge is 2.54. The molecular formula is C11H10BrNO3. The molecule has 0 radical (unpaired) electrons. The standard InChI is InChI=1S/C11H10BrNO3/c12-6-1-2-8-9(3-6)16-11(10(15)13-8)4-7(14)5-11/h1-3,7,14H,4-5H2,(H,13,15). The van der Waals surface area contributed by atoms with Crippen molar-refractivity contribution >= 4 is 27.5 Å². The zero-order valence-electron chi connectivity index (χ0n) is 8.37. The number of carbonyl (C=O) groups excluding carboxylic acids is 1. The lowest BCUT2D eigenvalue weighted by atomic mass is 9.76. The first-order valence-electron chi connectivity index (χ1n) is 5.07. The predicted molar refractivity (Wildman–Crippen MR) is 61.4 cm³/mol. The number of aliphatic hydroxyl groups is 1. The second-order valence-corrected chi connectivity index (χ2v) is 5.17. The fraction of sp³-hybridized carbons (Fsp3) is 0.364. The third kappa shape index (κ3) is 1.35. The van der Waals surface area contributed by atoms with Crippen molar-refractivity contribution in [3.05, 3.63) is 22.7 Å². The van der Waals surface area contributed by atoms with Crippen LogP contribution in [-0.4, -0.2) is 22.7 Å². The number of amides is 1. The Labute approximate surface area is 101 Å². The number of hydrogen-bond donors (Lipinski definition) is 2. The molecule has 0 unspecified atom stereocenters. The van der Waals surface area contributed by atoms with Gasteiger partial charge in [-0.15, -0.1) is 0 Å². The number of ether oxygens (including phenoxy) is 1. The number of carbonyl (C=O) groups is 1. The summed E-state index contributed by atoms with van der Waals surface area (Å²) in [6.07, 6.45) is 0.301. The molecule has 16 heavy (non-hydrogen) atoms. The van der Waals surface area contributed by atoms with Gasteiger partial charge in [0, 0.05) is 17.3 Å². The van der Waals surface area contributed by atoms with Crippen molar-refractivity contribution < 1.29 is 14.6 Å². The molecule has 2 aliphatic rings. The number of benzene rings is 1. The number of rotatable bonds is 0. The summed E-state index contributed by atoms with van der Waals surface area (Å²) in [5, 5.41) is 12.1. The summed E-state index contributed by atoms with van der Waals surface area (Å²) >= 11 is 3.35. The van der Waals surface area contributed by atoms with E-state index in [4.69, 9.17) is 4.74 Å². The first kappa shape index (κ1) is 10.1. The van der Waals surface area contributed by atoms with Crippen LogP contribution >= 0.6 is 15.9 Å². The highest BCUT2D eigenvalue weighted by Crippen LogP contribution is 2.44. The Bertz CT molecular complexity index is 468. The normalized spacial score (nSPS) is 31.4. The van der Waals surface area contributed by atoms with Crippen molar-refractivity contribution in [2.45, 2.75) is 24.5 Å². The Morgan fingerprint density at radius 2 is 2.25 bits per heavy atom. The molecule has 1 aliphatic heterocycles. The summed E-state index contributed by atoms with van der Waals surface area (Å²) in [6.45, 7) is 0. The molecule has 1 aliphatic carbocycles. The van der Waals surface area contributed by atoms with Gasteiger partial charge in [0.25, 0.3) is 5.91 Å². The van der Waals surface area contributed by atoms with Gasteiger partial charge in [-0.2, -0.15) is 0 Å². The Balaban J connectivity index is 1.97. The van der Waals surface area contributed by atoms with Crippen LogP contribution in [0.3, 0.4) is 0 Å². The summed E-state index contributed by atoms with van der Waals surface area (Å²) in [5.74, 6) is 0.494. The lowest BCUT2D eigenvalue weighted by molar-refractivity contribution is -0.153. The van der Waals surface area contributed by atoms with Crippen molar-refractivity contribution in [3.63, 3.8) is 0 Å². The Hall–Kier alpha value is -1.07. The zero-order chi connectivity index (χ0) is 11.3. The number of fused-ring (bicyclic) bond motifs is 1. The van der Waals surface area contributed by atoms with Crippen molar-refractivity contribution in [1.82, 2.24) is 0 Å². The first-order chi connectivity index (χ1) is 7.59. The van der Waals surface area contributed by atoms with Crippen molar-refractivity contribution in [3.8, 4) is 5.75 Å². The molecule has 1 aromatic rings. The Morgan fingerprint density at radius 3 is 2.94 bits per heavy atom. The number of aliphatic hydroxyl groups excluding tert-OH is 1. The van der Waals surface area contributed by atoms with Crippen LogP contribution in [0.25, 0.3) is 0 Å². The highest BCUT2D eigenvalue weighted by molar-refractivity contribution is 9.10. The molecule has 0 aromatic heterocycles. The second-order valence-electron chi connectivity index (χ2n) is 4.25. The summed E-state index contributed by atoms with van der Waals surface area (Å²) < 4.78 is 6.62. The van der Waals surface area contributed by atoms with Crippen LogP contribution < -0.4 is 10.1 Å². The zero-order valence-corrected chi connectivity index (χ0v) is 9.95. The van der Waals surface area contributed by atoms with Crippen LogP contribution in [0, 0.1) is 0 Å². The molecule has 3 rings (SSSR count). The van der Waals surface area contributed by atoms with Crippen LogP contribution in [-0.2, 0) is 4.79 Å². The SMILES string of the molecule is O=C1Nc2ccc(Br)cc2OC12CC(O)C2. The van der Waals surface area contributed by atoms with Gasteiger partial charge in [0.05, 0.1) is 11.8 Å². The smallest absolute Gasteiger partial charge is 0.268 e. The van der Waals surface area contributed by atoms with Gasteiger partial charge in [-0.05, 0) is 18.2 Å². The molecule has 0 saturated heterocycles. The van der Waals surface area contributed by atoms with E-state index in [2.05, 4.69) is 21.2 Å². The topological polar surface area (TPSA) is 58.6 Å². The predicted octanol–water partition coefficient (Wildman–Crippen LogP) is 1.67. The molecule has 1 saturated carbocycles. The van der Waals surface area contributed by atoms with Crippen LogP contribution in [0.15, 0.2) is 22.7 Å². The molecular weight excluding hydrogens is 274 g/mol. The molecule has 4 nitrogen and oxygen atoms in total. The second kappa shape index (κ2) is 3.21. The average molecular weight is 284 g/mol. The van der Waals surface area contributed by atoms with Gasteiger partial charge in [-0.3, -0.25) is 4.79 Å². The summed E-state index contributed by atoms with van der Waals surface area (Å²) in [7, 11) is 0. The fourth-order valence-corrected chi connectivity index (χ4v) is 2.49. The third-order valence-corrected chi connectivity index (χ3v) is 3.53. The summed E-state index contributed by atoms with van der Waals surface area (Å²) in [6, 6.07) is 5.45. The number of hydrogen-bond acceptors (Lipinski definition) is 3. The highest BCUT2D eigenvalue weighted by atomic mass is 79.9. The number of anilines is 1. The minimum absolute atomic E-state index is 0.160. The van der Waals surface area contributed by atoms with Crippen LogP contribution in [0.2, 0.25) is 0 Å². The van der Waals surface area contributed by atoms with E-state index < -0.39 is 11.7 Å². The number of nitrogens with one attached hydrogen (secondary N) is 1. The van der Waals surface area contributed by atoms with E-state index in [1.54, 1.807) is 6.07 Å². The summed E-state index contributed by atoms with van der Waals surface area (Å²) in [4.78, 5) is 11.8. The molecule has 1 amide bonds. The number of halogens is 1. The van der Waals surface area contributed by atoms with Crippen molar-refractivity contribution in [2.24, 2.45) is 0 Å². The van der Waals surface area contributed by atoms with Crippen molar-refractivity contribution in [2.75, 3.05) is 5.32 Å². The minimum atomic E-state index is -0.854. The van der Waals surface area contributed by atoms with E-state index in [0.717, 1.165) is 4.47 Å². The van der Waals surface area contributed by atoms with E-state index in [9.17, 15) is 9.90 Å².